The van der Waals surface area contributed by atoms with Crippen molar-refractivity contribution in [2.45, 2.75) is 40.8 Å². The maximum Gasteiger partial charge on any atom is 0.319 e. The van der Waals surface area contributed by atoms with Gasteiger partial charge in [-0.05, 0) is 36.8 Å². The Kier molecular flexibility index (Phi) is 7.45. The third-order valence-corrected chi connectivity index (χ3v) is 5.43. The Hall–Kier alpha value is -3.00. The lowest BCUT2D eigenvalue weighted by Crippen LogP contribution is -2.51. The summed E-state index contributed by atoms with van der Waals surface area (Å²) in [6, 6.07) is 8.14. The second-order valence-electron chi connectivity index (χ2n) is 9.24. The first-order valence-corrected chi connectivity index (χ1v) is 10.9. The Morgan fingerprint density at radius 3 is 2.44 bits per heavy atom. The van der Waals surface area contributed by atoms with E-state index >= 15 is 0 Å². The zero-order chi connectivity index (χ0) is 23.3. The summed E-state index contributed by atoms with van der Waals surface area (Å²) in [7, 11) is 0. The fourth-order valence-corrected chi connectivity index (χ4v) is 3.60. The molecule has 1 saturated heterocycles. The third-order valence-electron chi connectivity index (χ3n) is 5.43. The fraction of sp³-hybridized carbons (Fsp3) is 0.458. The lowest BCUT2D eigenvalue weighted by Gasteiger charge is -2.37. The van der Waals surface area contributed by atoms with Crippen molar-refractivity contribution < 1.29 is 14.0 Å². The Morgan fingerprint density at radius 1 is 1.09 bits per heavy atom. The number of rotatable bonds is 5. The van der Waals surface area contributed by atoms with Crippen LogP contribution in [0.1, 0.15) is 37.6 Å². The van der Waals surface area contributed by atoms with Gasteiger partial charge in [0.1, 0.15) is 5.82 Å². The van der Waals surface area contributed by atoms with E-state index < -0.39 is 6.03 Å². The number of nitrogens with zero attached hydrogens (tertiary/aromatic N) is 3. The average Bonchev–Trinajstić information content (AvgIpc) is 2.75. The Balaban J connectivity index is 1.51. The summed E-state index contributed by atoms with van der Waals surface area (Å²) < 4.78 is 14.3. The molecule has 2 N–H and O–H groups in total. The summed E-state index contributed by atoms with van der Waals surface area (Å²) in [5.41, 5.74) is 2.47. The van der Waals surface area contributed by atoms with Crippen molar-refractivity contribution >= 4 is 17.6 Å². The van der Waals surface area contributed by atoms with Crippen LogP contribution in [0.25, 0.3) is 0 Å². The molecule has 3 amide bonds. The van der Waals surface area contributed by atoms with Gasteiger partial charge in [-0.25, -0.2) is 9.18 Å². The number of amides is 3. The van der Waals surface area contributed by atoms with Gasteiger partial charge in [0.2, 0.25) is 5.91 Å². The molecular weight excluding hydrogens is 409 g/mol. The van der Waals surface area contributed by atoms with E-state index in [-0.39, 0.29) is 23.7 Å². The van der Waals surface area contributed by atoms with Crippen LogP contribution in [0, 0.1) is 18.2 Å². The van der Waals surface area contributed by atoms with E-state index in [9.17, 15) is 14.0 Å². The van der Waals surface area contributed by atoms with Crippen molar-refractivity contribution in [2.75, 3.05) is 31.5 Å². The molecule has 0 saturated carbocycles. The molecule has 0 bridgehead atoms. The molecule has 1 aromatic heterocycles. The summed E-state index contributed by atoms with van der Waals surface area (Å²) in [6.45, 7) is 11.4. The number of pyridine rings is 1. The minimum atomic E-state index is -0.417. The lowest BCUT2D eigenvalue weighted by atomic mass is 9.94. The van der Waals surface area contributed by atoms with Crippen LogP contribution in [0.5, 0.6) is 0 Å². The molecule has 1 aromatic carbocycles. The van der Waals surface area contributed by atoms with Gasteiger partial charge in [-0.3, -0.25) is 14.7 Å². The first-order chi connectivity index (χ1) is 15.1. The van der Waals surface area contributed by atoms with Gasteiger partial charge in [-0.15, -0.1) is 0 Å². The van der Waals surface area contributed by atoms with E-state index in [4.69, 9.17) is 0 Å². The standard InChI is InChI=1S/C24H32FN5O2/c1-17-5-7-20(15-26-17)28-23(32)27-14-19-13-18(6-8-21(19)25)16-29-9-11-30(12-10-29)22(31)24(2,3)4/h5-8,13,15H,9-12,14,16H2,1-4H3,(H2,27,28,32). The normalized spacial score (nSPS) is 14.8. The smallest absolute Gasteiger partial charge is 0.319 e. The highest BCUT2D eigenvalue weighted by molar-refractivity contribution is 5.88. The summed E-state index contributed by atoms with van der Waals surface area (Å²) in [4.78, 5) is 32.9. The van der Waals surface area contributed by atoms with Crippen LogP contribution in [0.3, 0.4) is 0 Å². The number of urea groups is 1. The highest BCUT2D eigenvalue weighted by Crippen LogP contribution is 2.20. The predicted octanol–water partition coefficient (Wildman–Crippen LogP) is 3.54. The topological polar surface area (TPSA) is 77.6 Å². The fourth-order valence-electron chi connectivity index (χ4n) is 3.60. The number of aryl methyl sites for hydroxylation is 1. The number of benzene rings is 1. The van der Waals surface area contributed by atoms with Crippen molar-refractivity contribution in [2.24, 2.45) is 5.41 Å². The monoisotopic (exact) mass is 441 g/mol. The molecule has 0 unspecified atom stereocenters. The van der Waals surface area contributed by atoms with Gasteiger partial charge >= 0.3 is 6.03 Å². The van der Waals surface area contributed by atoms with Crippen LogP contribution in [0.15, 0.2) is 36.5 Å². The molecule has 7 nitrogen and oxygen atoms in total. The second-order valence-corrected chi connectivity index (χ2v) is 9.24. The highest BCUT2D eigenvalue weighted by Gasteiger charge is 2.29. The van der Waals surface area contributed by atoms with E-state index in [0.717, 1.165) is 24.3 Å². The molecule has 1 aliphatic rings. The van der Waals surface area contributed by atoms with Gasteiger partial charge in [0.15, 0.2) is 0 Å². The number of halogens is 1. The maximum absolute atomic E-state index is 14.3. The highest BCUT2D eigenvalue weighted by atomic mass is 19.1. The predicted molar refractivity (Wildman–Crippen MR) is 123 cm³/mol. The van der Waals surface area contributed by atoms with Gasteiger partial charge < -0.3 is 15.5 Å². The summed E-state index contributed by atoms with van der Waals surface area (Å²) >= 11 is 0. The molecule has 172 valence electrons. The number of aromatic nitrogens is 1. The first-order valence-electron chi connectivity index (χ1n) is 10.9. The Bertz CT molecular complexity index is 948. The average molecular weight is 442 g/mol. The van der Waals surface area contributed by atoms with Crippen molar-refractivity contribution in [3.8, 4) is 0 Å². The molecule has 3 rings (SSSR count). The molecule has 0 atom stereocenters. The molecule has 32 heavy (non-hydrogen) atoms. The number of hydrogen-bond donors (Lipinski definition) is 2. The first kappa shape index (κ1) is 23.7. The SMILES string of the molecule is Cc1ccc(NC(=O)NCc2cc(CN3CCN(C(=O)C(C)(C)C)CC3)ccc2F)cn1. The zero-order valence-corrected chi connectivity index (χ0v) is 19.2. The van der Waals surface area contributed by atoms with Gasteiger partial charge in [0, 0.05) is 55.9 Å². The second kappa shape index (κ2) is 10.1. The van der Waals surface area contributed by atoms with Crippen LogP contribution in [0.2, 0.25) is 0 Å². The Labute approximate surface area is 189 Å². The van der Waals surface area contributed by atoms with Crippen LogP contribution in [0.4, 0.5) is 14.9 Å². The quantitative estimate of drug-likeness (QED) is 0.744. The van der Waals surface area contributed by atoms with Gasteiger partial charge in [0.05, 0.1) is 11.9 Å². The van der Waals surface area contributed by atoms with Crippen LogP contribution in [-0.4, -0.2) is 52.9 Å². The van der Waals surface area contributed by atoms with Crippen LogP contribution >= 0.6 is 0 Å². The van der Waals surface area contributed by atoms with E-state index in [1.165, 1.54) is 6.07 Å². The van der Waals surface area contributed by atoms with Gasteiger partial charge in [-0.2, -0.15) is 0 Å². The number of anilines is 1. The molecule has 2 heterocycles. The minimum Gasteiger partial charge on any atom is -0.340 e. The molecule has 0 radical (unpaired) electrons. The van der Waals surface area contributed by atoms with Crippen molar-refractivity contribution in [3.63, 3.8) is 0 Å². The van der Waals surface area contributed by atoms with E-state index in [0.29, 0.717) is 30.9 Å². The summed E-state index contributed by atoms with van der Waals surface area (Å²) in [5, 5.41) is 5.38. The molecular formula is C24H32FN5O2. The zero-order valence-electron chi connectivity index (χ0n) is 19.2. The van der Waals surface area contributed by atoms with Crippen LogP contribution < -0.4 is 10.6 Å². The number of hydrogen-bond acceptors (Lipinski definition) is 4. The van der Waals surface area contributed by atoms with Crippen molar-refractivity contribution in [1.82, 2.24) is 20.1 Å². The van der Waals surface area contributed by atoms with Gasteiger partial charge in [-0.1, -0.05) is 26.8 Å². The summed E-state index contributed by atoms with van der Waals surface area (Å²) in [5.74, 6) is -0.182. The van der Waals surface area contributed by atoms with E-state index in [2.05, 4.69) is 20.5 Å². The largest absolute Gasteiger partial charge is 0.340 e. The molecule has 1 aliphatic heterocycles. The van der Waals surface area contributed by atoms with Crippen LogP contribution in [-0.2, 0) is 17.9 Å². The minimum absolute atomic E-state index is 0.0820. The maximum atomic E-state index is 14.3. The number of nitrogens with one attached hydrogen (secondary N) is 2. The molecule has 1 fully saturated rings. The van der Waals surface area contributed by atoms with E-state index in [1.807, 2.05) is 32.6 Å². The molecule has 2 aromatic rings. The van der Waals surface area contributed by atoms with Crippen molar-refractivity contribution in [3.05, 3.63) is 59.2 Å². The number of carbonyl (C=O) groups excluding carboxylic acids is 2. The van der Waals surface area contributed by atoms with Crippen molar-refractivity contribution in [1.29, 1.82) is 0 Å². The third kappa shape index (κ3) is 6.50. The Morgan fingerprint density at radius 2 is 1.81 bits per heavy atom. The van der Waals surface area contributed by atoms with E-state index in [1.54, 1.807) is 30.5 Å². The molecule has 0 spiro atoms. The van der Waals surface area contributed by atoms with Gasteiger partial charge in [0.25, 0.3) is 0 Å². The summed E-state index contributed by atoms with van der Waals surface area (Å²) in [6.07, 6.45) is 1.57. The molecule has 0 aliphatic carbocycles. The number of carbonyl (C=O) groups is 2. The molecule has 8 heteroatoms. The number of piperazine rings is 1. The lowest BCUT2D eigenvalue weighted by molar-refractivity contribution is -0.141.